The SMILES string of the molecule is Cc1ccccc1C(C)CC(=O)NC(C)(CN)C1CC1.Cl. The fourth-order valence-corrected chi connectivity index (χ4v) is 2.94. The maximum atomic E-state index is 12.3. The van der Waals surface area contributed by atoms with Crippen molar-refractivity contribution in [3.8, 4) is 0 Å². The van der Waals surface area contributed by atoms with Crippen LogP contribution in [0, 0.1) is 12.8 Å². The molecule has 4 heteroatoms. The van der Waals surface area contributed by atoms with Crippen LogP contribution in [0.25, 0.3) is 0 Å². The second-order valence-corrected chi connectivity index (χ2v) is 6.41. The topological polar surface area (TPSA) is 55.1 Å². The first kappa shape index (κ1) is 18.0. The molecule has 0 bridgehead atoms. The molecule has 1 aliphatic carbocycles. The van der Waals surface area contributed by atoms with Crippen molar-refractivity contribution in [2.75, 3.05) is 6.54 Å². The van der Waals surface area contributed by atoms with E-state index in [1.807, 2.05) is 12.1 Å². The molecule has 3 nitrogen and oxygen atoms in total. The zero-order valence-corrected chi connectivity index (χ0v) is 14.0. The molecule has 0 spiro atoms. The summed E-state index contributed by atoms with van der Waals surface area (Å²) >= 11 is 0. The van der Waals surface area contributed by atoms with Crippen LogP contribution in [-0.2, 0) is 4.79 Å². The van der Waals surface area contributed by atoms with Gasteiger partial charge >= 0.3 is 0 Å². The van der Waals surface area contributed by atoms with Gasteiger partial charge in [0.15, 0.2) is 0 Å². The van der Waals surface area contributed by atoms with E-state index in [1.165, 1.54) is 24.0 Å². The lowest BCUT2D eigenvalue weighted by Gasteiger charge is -2.30. The number of carbonyl (C=O) groups is 1. The van der Waals surface area contributed by atoms with Crippen molar-refractivity contribution in [3.05, 3.63) is 35.4 Å². The Balaban J connectivity index is 0.00000220. The summed E-state index contributed by atoms with van der Waals surface area (Å²) in [5.41, 5.74) is 8.13. The molecule has 2 rings (SSSR count). The third-order valence-corrected chi connectivity index (χ3v) is 4.54. The quantitative estimate of drug-likeness (QED) is 0.848. The molecule has 1 aromatic carbocycles. The number of amides is 1. The Morgan fingerprint density at radius 2 is 2.05 bits per heavy atom. The van der Waals surface area contributed by atoms with E-state index in [1.54, 1.807) is 0 Å². The maximum absolute atomic E-state index is 12.3. The Labute approximate surface area is 134 Å². The molecule has 3 N–H and O–H groups in total. The van der Waals surface area contributed by atoms with Crippen molar-refractivity contribution < 1.29 is 4.79 Å². The van der Waals surface area contributed by atoms with Crippen LogP contribution in [0.2, 0.25) is 0 Å². The first-order valence-electron chi connectivity index (χ1n) is 7.53. The van der Waals surface area contributed by atoms with E-state index in [2.05, 4.69) is 38.2 Å². The summed E-state index contributed by atoms with van der Waals surface area (Å²) < 4.78 is 0. The van der Waals surface area contributed by atoms with Crippen molar-refractivity contribution >= 4 is 18.3 Å². The van der Waals surface area contributed by atoms with E-state index in [-0.39, 0.29) is 29.8 Å². The smallest absolute Gasteiger partial charge is 0.221 e. The molecule has 0 aromatic heterocycles. The highest BCUT2D eigenvalue weighted by Gasteiger charge is 2.41. The zero-order valence-electron chi connectivity index (χ0n) is 13.2. The van der Waals surface area contributed by atoms with Gasteiger partial charge in [-0.15, -0.1) is 12.4 Å². The van der Waals surface area contributed by atoms with Crippen molar-refractivity contribution in [3.63, 3.8) is 0 Å². The fourth-order valence-electron chi connectivity index (χ4n) is 2.94. The lowest BCUT2D eigenvalue weighted by atomic mass is 9.91. The highest BCUT2D eigenvalue weighted by molar-refractivity contribution is 5.85. The van der Waals surface area contributed by atoms with E-state index in [0.717, 1.165) is 0 Å². The Morgan fingerprint density at radius 1 is 1.43 bits per heavy atom. The second kappa shape index (κ2) is 7.28. The number of rotatable bonds is 6. The van der Waals surface area contributed by atoms with Gasteiger partial charge in [0, 0.05) is 13.0 Å². The van der Waals surface area contributed by atoms with Gasteiger partial charge in [-0.25, -0.2) is 0 Å². The van der Waals surface area contributed by atoms with E-state index >= 15 is 0 Å². The summed E-state index contributed by atoms with van der Waals surface area (Å²) in [7, 11) is 0. The molecule has 1 aromatic rings. The van der Waals surface area contributed by atoms with Crippen LogP contribution in [0.5, 0.6) is 0 Å². The minimum absolute atomic E-state index is 0. The van der Waals surface area contributed by atoms with E-state index in [9.17, 15) is 4.79 Å². The van der Waals surface area contributed by atoms with Gasteiger partial charge in [-0.3, -0.25) is 4.79 Å². The van der Waals surface area contributed by atoms with E-state index in [4.69, 9.17) is 5.73 Å². The Hall–Kier alpha value is -1.06. The number of nitrogens with one attached hydrogen (secondary N) is 1. The van der Waals surface area contributed by atoms with Crippen LogP contribution < -0.4 is 11.1 Å². The number of carbonyl (C=O) groups excluding carboxylic acids is 1. The second-order valence-electron chi connectivity index (χ2n) is 6.41. The number of benzene rings is 1. The number of hydrogen-bond donors (Lipinski definition) is 2. The van der Waals surface area contributed by atoms with Crippen LogP contribution in [-0.4, -0.2) is 18.0 Å². The van der Waals surface area contributed by atoms with Crippen LogP contribution in [0.4, 0.5) is 0 Å². The van der Waals surface area contributed by atoms with Crippen LogP contribution >= 0.6 is 12.4 Å². The third kappa shape index (κ3) is 4.45. The average molecular weight is 311 g/mol. The first-order chi connectivity index (χ1) is 9.46. The molecule has 0 radical (unpaired) electrons. The van der Waals surface area contributed by atoms with Gasteiger partial charge in [-0.05, 0) is 49.7 Å². The van der Waals surface area contributed by atoms with Gasteiger partial charge in [0.2, 0.25) is 5.91 Å². The highest BCUT2D eigenvalue weighted by Crippen LogP contribution is 2.39. The Kier molecular flexibility index (Phi) is 6.24. The largest absolute Gasteiger partial charge is 0.349 e. The van der Waals surface area contributed by atoms with Crippen molar-refractivity contribution in [1.82, 2.24) is 5.32 Å². The summed E-state index contributed by atoms with van der Waals surface area (Å²) in [5, 5.41) is 3.16. The van der Waals surface area contributed by atoms with Gasteiger partial charge in [0.25, 0.3) is 0 Å². The molecule has 1 aliphatic rings. The average Bonchev–Trinajstić information content (AvgIpc) is 3.23. The normalized spacial score (nSPS) is 18.3. The van der Waals surface area contributed by atoms with Gasteiger partial charge in [0.1, 0.15) is 0 Å². The summed E-state index contributed by atoms with van der Waals surface area (Å²) in [5.74, 6) is 0.906. The lowest BCUT2D eigenvalue weighted by Crippen LogP contribution is -2.53. The maximum Gasteiger partial charge on any atom is 0.221 e. The lowest BCUT2D eigenvalue weighted by molar-refractivity contribution is -0.123. The Bertz CT molecular complexity index is 487. The molecular formula is C17H27ClN2O. The third-order valence-electron chi connectivity index (χ3n) is 4.54. The summed E-state index contributed by atoms with van der Waals surface area (Å²) in [4.78, 5) is 12.3. The molecule has 2 unspecified atom stereocenters. The predicted octanol–water partition coefficient (Wildman–Crippen LogP) is 3.15. The zero-order chi connectivity index (χ0) is 14.8. The summed E-state index contributed by atoms with van der Waals surface area (Å²) in [6, 6.07) is 8.27. The molecule has 0 heterocycles. The molecule has 2 atom stereocenters. The van der Waals surface area contributed by atoms with Crippen molar-refractivity contribution in [2.24, 2.45) is 11.7 Å². The van der Waals surface area contributed by atoms with Crippen LogP contribution in [0.1, 0.15) is 50.2 Å². The molecule has 0 aliphatic heterocycles. The molecule has 118 valence electrons. The van der Waals surface area contributed by atoms with Gasteiger partial charge in [-0.1, -0.05) is 31.2 Å². The predicted molar refractivity (Wildman–Crippen MR) is 89.8 cm³/mol. The van der Waals surface area contributed by atoms with Gasteiger partial charge in [0.05, 0.1) is 5.54 Å². The van der Waals surface area contributed by atoms with Crippen LogP contribution in [0.15, 0.2) is 24.3 Å². The minimum Gasteiger partial charge on any atom is -0.349 e. The standard InChI is InChI=1S/C17H26N2O.ClH/c1-12-6-4-5-7-15(12)13(2)10-16(20)19-17(3,11-18)14-8-9-14;/h4-7,13-14H,8-11,18H2,1-3H3,(H,19,20);1H. The number of nitrogens with two attached hydrogens (primary N) is 1. The van der Waals surface area contributed by atoms with Crippen molar-refractivity contribution in [2.45, 2.75) is 51.5 Å². The Morgan fingerprint density at radius 3 is 2.57 bits per heavy atom. The van der Waals surface area contributed by atoms with Crippen LogP contribution in [0.3, 0.4) is 0 Å². The molecule has 0 saturated heterocycles. The number of hydrogen-bond acceptors (Lipinski definition) is 2. The van der Waals surface area contributed by atoms with Gasteiger partial charge in [-0.2, -0.15) is 0 Å². The van der Waals surface area contributed by atoms with E-state index in [0.29, 0.717) is 18.9 Å². The van der Waals surface area contributed by atoms with Crippen molar-refractivity contribution in [1.29, 1.82) is 0 Å². The highest BCUT2D eigenvalue weighted by atomic mass is 35.5. The first-order valence-corrected chi connectivity index (χ1v) is 7.53. The van der Waals surface area contributed by atoms with E-state index < -0.39 is 0 Å². The van der Waals surface area contributed by atoms with Gasteiger partial charge < -0.3 is 11.1 Å². The molecule has 1 amide bonds. The molecular weight excluding hydrogens is 284 g/mol. The summed E-state index contributed by atoms with van der Waals surface area (Å²) in [6.45, 7) is 6.79. The molecule has 1 saturated carbocycles. The minimum atomic E-state index is -0.220. The fraction of sp³-hybridized carbons (Fsp3) is 0.588. The number of aryl methyl sites for hydroxylation is 1. The summed E-state index contributed by atoms with van der Waals surface area (Å²) in [6.07, 6.45) is 2.88. The number of halogens is 1. The molecule has 1 fully saturated rings. The molecule has 21 heavy (non-hydrogen) atoms. The monoisotopic (exact) mass is 310 g/mol.